The number of hydrogen-bond donors (Lipinski definition) is 1. The number of amides is 1. The Balaban J connectivity index is 0.000000491. The maximum absolute atomic E-state index is 12.9. The van der Waals surface area contributed by atoms with Gasteiger partial charge in [-0.05, 0) is 25.0 Å². The number of imidazole rings is 1. The van der Waals surface area contributed by atoms with Crippen molar-refractivity contribution in [3.8, 4) is 5.69 Å². The van der Waals surface area contributed by atoms with Crippen LogP contribution in [0.15, 0.2) is 39.9 Å². The van der Waals surface area contributed by atoms with Gasteiger partial charge in [0.1, 0.15) is 0 Å². The van der Waals surface area contributed by atoms with Gasteiger partial charge in [-0.2, -0.15) is 4.98 Å². The van der Waals surface area contributed by atoms with Gasteiger partial charge in [-0.25, -0.2) is 4.79 Å². The van der Waals surface area contributed by atoms with Gasteiger partial charge < -0.3 is 15.5 Å². The first-order chi connectivity index (χ1) is 14.8. The second kappa shape index (κ2) is 9.17. The van der Waals surface area contributed by atoms with E-state index in [0.29, 0.717) is 23.7 Å². The predicted octanol–water partition coefficient (Wildman–Crippen LogP) is 0.0548. The van der Waals surface area contributed by atoms with Gasteiger partial charge in [0.15, 0.2) is 11.2 Å². The number of rotatable bonds is 3. The van der Waals surface area contributed by atoms with E-state index in [-0.39, 0.29) is 17.3 Å². The van der Waals surface area contributed by atoms with E-state index in [9.17, 15) is 14.4 Å². The Morgan fingerprint density at radius 2 is 1.77 bits per heavy atom. The fraction of sp³-hybridized carbons (Fsp3) is 0.429. The Bertz CT molecular complexity index is 1180. The molecule has 0 bridgehead atoms. The molecule has 1 unspecified atom stereocenters. The molecule has 10 nitrogen and oxygen atoms in total. The van der Waals surface area contributed by atoms with E-state index in [0.717, 1.165) is 36.1 Å². The van der Waals surface area contributed by atoms with Crippen LogP contribution < -0.4 is 21.9 Å². The van der Waals surface area contributed by atoms with Crippen LogP contribution in [0.25, 0.3) is 16.9 Å². The third-order valence-electron chi connectivity index (χ3n) is 5.21. The first kappa shape index (κ1) is 22.3. The van der Waals surface area contributed by atoms with Crippen LogP contribution in [0.4, 0.5) is 5.95 Å². The Morgan fingerprint density at radius 3 is 2.35 bits per heavy atom. The molecule has 1 aromatic carbocycles. The summed E-state index contributed by atoms with van der Waals surface area (Å²) in [5, 5.41) is 0. The third kappa shape index (κ3) is 4.38. The van der Waals surface area contributed by atoms with Crippen molar-refractivity contribution < 1.29 is 4.79 Å². The maximum Gasteiger partial charge on any atom is 0.332 e. The molecule has 1 aliphatic rings. The van der Waals surface area contributed by atoms with E-state index in [1.165, 1.54) is 16.5 Å². The number of fused-ring (bicyclic) bond motifs is 1. The standard InChI is InChI=1S/C18H22N6O2.C3H7NO/c1-21-15-14(16(25)22(2)18(21)26)24(13-8-4-3-5-9-13)17(20-15)23-10-6-7-12(19)11-23;1-4(2)3-5/h3-5,8-9,12H,6-7,10-11,19H2,1-2H3;3H,1-2H3. The molecule has 0 aliphatic carbocycles. The molecule has 1 aliphatic heterocycles. The van der Waals surface area contributed by atoms with Gasteiger partial charge in [0.05, 0.1) is 0 Å². The highest BCUT2D eigenvalue weighted by atomic mass is 16.2. The number of aromatic nitrogens is 4. The lowest BCUT2D eigenvalue weighted by Gasteiger charge is -2.31. The summed E-state index contributed by atoms with van der Waals surface area (Å²) in [5.41, 5.74) is 7.03. The van der Waals surface area contributed by atoms with Crippen molar-refractivity contribution in [3.05, 3.63) is 51.2 Å². The summed E-state index contributed by atoms with van der Waals surface area (Å²) in [6, 6.07) is 9.68. The molecule has 0 spiro atoms. The van der Waals surface area contributed by atoms with Crippen molar-refractivity contribution in [1.29, 1.82) is 0 Å². The number of aryl methyl sites for hydroxylation is 1. The molecule has 3 aromatic rings. The summed E-state index contributed by atoms with van der Waals surface area (Å²) < 4.78 is 4.38. The highest BCUT2D eigenvalue weighted by molar-refractivity contribution is 5.77. The summed E-state index contributed by atoms with van der Waals surface area (Å²) in [7, 11) is 6.50. The molecule has 4 rings (SSSR count). The van der Waals surface area contributed by atoms with Gasteiger partial charge in [-0.3, -0.25) is 23.3 Å². The second-order valence-electron chi connectivity index (χ2n) is 7.88. The average Bonchev–Trinajstić information content (AvgIpc) is 3.18. The fourth-order valence-corrected chi connectivity index (χ4v) is 3.61. The molecule has 2 aromatic heterocycles. The number of benzene rings is 1. The van der Waals surface area contributed by atoms with Gasteiger partial charge in [0.2, 0.25) is 12.4 Å². The number of nitrogens with zero attached hydrogens (tertiary/aromatic N) is 6. The molecule has 1 fully saturated rings. The van der Waals surface area contributed by atoms with Crippen molar-refractivity contribution in [2.24, 2.45) is 19.8 Å². The lowest BCUT2D eigenvalue weighted by atomic mass is 10.1. The van der Waals surface area contributed by atoms with E-state index in [1.807, 2.05) is 34.9 Å². The van der Waals surface area contributed by atoms with Crippen LogP contribution in [0.2, 0.25) is 0 Å². The minimum absolute atomic E-state index is 0.0689. The first-order valence-corrected chi connectivity index (χ1v) is 10.1. The minimum Gasteiger partial charge on any atom is -0.351 e. The Morgan fingerprint density at radius 1 is 1.13 bits per heavy atom. The molecule has 1 amide bonds. The summed E-state index contributed by atoms with van der Waals surface area (Å²) in [5.74, 6) is 0.652. The molecule has 1 atom stereocenters. The van der Waals surface area contributed by atoms with Crippen LogP contribution in [0.1, 0.15) is 12.8 Å². The Hall–Kier alpha value is -3.40. The Labute approximate surface area is 180 Å². The van der Waals surface area contributed by atoms with Crippen molar-refractivity contribution in [2.75, 3.05) is 32.1 Å². The molecule has 0 radical (unpaired) electrons. The molecule has 1 saturated heterocycles. The largest absolute Gasteiger partial charge is 0.351 e. The van der Waals surface area contributed by atoms with Crippen molar-refractivity contribution >= 4 is 23.5 Å². The van der Waals surface area contributed by atoms with Crippen molar-refractivity contribution in [1.82, 2.24) is 23.6 Å². The molecular formula is C21H29N7O3. The zero-order valence-corrected chi connectivity index (χ0v) is 18.4. The third-order valence-corrected chi connectivity index (χ3v) is 5.21. The topological polar surface area (TPSA) is 111 Å². The molecule has 10 heteroatoms. The van der Waals surface area contributed by atoms with E-state index >= 15 is 0 Å². The number of piperidine rings is 1. The van der Waals surface area contributed by atoms with Gasteiger partial charge in [0.25, 0.3) is 5.56 Å². The van der Waals surface area contributed by atoms with Gasteiger partial charge in [0, 0.05) is 53.0 Å². The van der Waals surface area contributed by atoms with Gasteiger partial charge in [-0.1, -0.05) is 18.2 Å². The highest BCUT2D eigenvalue weighted by Gasteiger charge is 2.26. The van der Waals surface area contributed by atoms with Gasteiger partial charge in [-0.15, -0.1) is 0 Å². The van der Waals surface area contributed by atoms with E-state index in [1.54, 1.807) is 21.1 Å². The molecular weight excluding hydrogens is 398 g/mol. The zero-order valence-electron chi connectivity index (χ0n) is 18.4. The van der Waals surface area contributed by atoms with Crippen molar-refractivity contribution in [2.45, 2.75) is 18.9 Å². The number of nitrogens with two attached hydrogens (primary N) is 1. The van der Waals surface area contributed by atoms with Crippen LogP contribution >= 0.6 is 0 Å². The van der Waals surface area contributed by atoms with Crippen LogP contribution in [0.5, 0.6) is 0 Å². The van der Waals surface area contributed by atoms with Crippen molar-refractivity contribution in [3.63, 3.8) is 0 Å². The molecule has 166 valence electrons. The SMILES string of the molecule is CN(C)C=O.Cn1c(=O)c2c(nc(N3CCCC(N)C3)n2-c2ccccc2)n(C)c1=O. The van der Waals surface area contributed by atoms with Crippen LogP contribution in [0.3, 0.4) is 0 Å². The molecule has 2 N–H and O–H groups in total. The number of carbonyl (C=O) groups excluding carboxylic acids is 1. The second-order valence-corrected chi connectivity index (χ2v) is 7.88. The predicted molar refractivity (Wildman–Crippen MR) is 121 cm³/mol. The lowest BCUT2D eigenvalue weighted by molar-refractivity contribution is -0.115. The minimum atomic E-state index is -0.387. The van der Waals surface area contributed by atoms with E-state index in [2.05, 4.69) is 4.90 Å². The number of para-hydroxylation sites is 1. The van der Waals surface area contributed by atoms with E-state index in [4.69, 9.17) is 10.7 Å². The molecule has 31 heavy (non-hydrogen) atoms. The first-order valence-electron chi connectivity index (χ1n) is 10.1. The monoisotopic (exact) mass is 427 g/mol. The summed E-state index contributed by atoms with van der Waals surface area (Å²) >= 11 is 0. The zero-order chi connectivity index (χ0) is 22.7. The molecule has 0 saturated carbocycles. The number of hydrogen-bond acceptors (Lipinski definition) is 6. The Kier molecular flexibility index (Phi) is 6.59. The summed E-state index contributed by atoms with van der Waals surface area (Å²) in [4.78, 5) is 42.9. The highest BCUT2D eigenvalue weighted by Crippen LogP contribution is 2.26. The fourth-order valence-electron chi connectivity index (χ4n) is 3.61. The van der Waals surface area contributed by atoms with Gasteiger partial charge >= 0.3 is 5.69 Å². The van der Waals surface area contributed by atoms with E-state index < -0.39 is 0 Å². The molecule has 3 heterocycles. The normalized spacial score (nSPS) is 16.0. The quantitative estimate of drug-likeness (QED) is 0.592. The lowest BCUT2D eigenvalue weighted by Crippen LogP contribution is -2.44. The van der Waals surface area contributed by atoms with Crippen LogP contribution in [0, 0.1) is 0 Å². The maximum atomic E-state index is 12.9. The number of anilines is 1. The summed E-state index contributed by atoms with van der Waals surface area (Å²) in [6.45, 7) is 1.49. The number of carbonyl (C=O) groups is 1. The average molecular weight is 428 g/mol. The van der Waals surface area contributed by atoms with Crippen LogP contribution in [-0.4, -0.2) is 63.2 Å². The van der Waals surface area contributed by atoms with Crippen LogP contribution in [-0.2, 0) is 18.9 Å². The summed E-state index contributed by atoms with van der Waals surface area (Å²) in [6.07, 6.45) is 2.69. The smallest absolute Gasteiger partial charge is 0.332 e.